The van der Waals surface area contributed by atoms with E-state index in [1.807, 2.05) is 35.0 Å². The molecule has 0 bridgehead atoms. The van der Waals surface area contributed by atoms with Crippen LogP contribution < -0.4 is 5.32 Å². The molecule has 1 atom stereocenters. The molecule has 134 valence electrons. The van der Waals surface area contributed by atoms with Gasteiger partial charge in [-0.1, -0.05) is 12.1 Å². The Kier molecular flexibility index (Phi) is 5.17. The number of esters is 2. The third-order valence-corrected chi connectivity index (χ3v) is 4.04. The van der Waals surface area contributed by atoms with E-state index in [-0.39, 0.29) is 6.61 Å². The van der Waals surface area contributed by atoms with Crippen molar-refractivity contribution in [2.75, 3.05) is 13.7 Å². The van der Waals surface area contributed by atoms with E-state index in [0.29, 0.717) is 11.1 Å². The monoisotopic (exact) mass is 353 g/mol. The molecular formula is C19H19N3O4. The highest BCUT2D eigenvalue weighted by Crippen LogP contribution is 2.35. The molecule has 0 aliphatic carbocycles. The molecule has 1 aliphatic heterocycles. The number of rotatable bonds is 5. The molecule has 2 aromatic rings. The van der Waals surface area contributed by atoms with Crippen molar-refractivity contribution in [1.29, 1.82) is 0 Å². The van der Waals surface area contributed by atoms with Gasteiger partial charge in [0, 0.05) is 30.5 Å². The fraction of sp³-hybridized carbons (Fsp3) is 0.211. The predicted molar refractivity (Wildman–Crippen MR) is 94.3 cm³/mol. The van der Waals surface area contributed by atoms with E-state index in [4.69, 9.17) is 9.47 Å². The van der Waals surface area contributed by atoms with Crippen molar-refractivity contribution >= 4 is 11.9 Å². The molecule has 0 spiro atoms. The number of carbonyl (C=O) groups is 2. The van der Waals surface area contributed by atoms with E-state index >= 15 is 0 Å². The number of hydrogen-bond donors (Lipinski definition) is 1. The SMILES string of the molecule is CCOC(=O)C1=CNC=C(C(=O)OC)C1c1cccc(-n2ccnc2)c1. The van der Waals surface area contributed by atoms with Crippen molar-refractivity contribution < 1.29 is 19.1 Å². The average molecular weight is 353 g/mol. The molecule has 1 aromatic heterocycles. The van der Waals surface area contributed by atoms with Crippen molar-refractivity contribution in [2.45, 2.75) is 12.8 Å². The van der Waals surface area contributed by atoms with Crippen molar-refractivity contribution in [1.82, 2.24) is 14.9 Å². The lowest BCUT2D eigenvalue weighted by atomic mass is 9.83. The van der Waals surface area contributed by atoms with E-state index < -0.39 is 17.9 Å². The Morgan fingerprint density at radius 3 is 2.65 bits per heavy atom. The van der Waals surface area contributed by atoms with Crippen LogP contribution in [-0.2, 0) is 19.1 Å². The van der Waals surface area contributed by atoms with Crippen molar-refractivity contribution in [3.63, 3.8) is 0 Å². The van der Waals surface area contributed by atoms with E-state index in [9.17, 15) is 9.59 Å². The summed E-state index contributed by atoms with van der Waals surface area (Å²) in [7, 11) is 1.31. The lowest BCUT2D eigenvalue weighted by molar-refractivity contribution is -0.139. The number of nitrogens with zero attached hydrogens (tertiary/aromatic N) is 2. The van der Waals surface area contributed by atoms with Crippen molar-refractivity contribution in [3.8, 4) is 5.69 Å². The van der Waals surface area contributed by atoms with Gasteiger partial charge in [-0.2, -0.15) is 0 Å². The molecule has 7 nitrogen and oxygen atoms in total. The first-order valence-corrected chi connectivity index (χ1v) is 8.15. The number of carbonyl (C=O) groups excluding carboxylic acids is 2. The van der Waals surface area contributed by atoms with Crippen LogP contribution in [0.2, 0.25) is 0 Å². The Bertz CT molecular complexity index is 869. The highest BCUT2D eigenvalue weighted by atomic mass is 16.5. The minimum Gasteiger partial charge on any atom is -0.466 e. The number of nitrogens with one attached hydrogen (secondary N) is 1. The van der Waals surface area contributed by atoms with Crippen LogP contribution in [0.3, 0.4) is 0 Å². The number of dihydropyridines is 1. The Labute approximate surface area is 150 Å². The van der Waals surface area contributed by atoms with Crippen molar-refractivity contribution in [2.24, 2.45) is 0 Å². The Hall–Kier alpha value is -3.35. The third kappa shape index (κ3) is 3.37. The highest BCUT2D eigenvalue weighted by Gasteiger charge is 2.33. The molecule has 0 fully saturated rings. The number of imidazole rings is 1. The maximum atomic E-state index is 12.4. The topological polar surface area (TPSA) is 82.5 Å². The number of ether oxygens (including phenoxy) is 2. The molecule has 26 heavy (non-hydrogen) atoms. The zero-order chi connectivity index (χ0) is 18.5. The first-order valence-electron chi connectivity index (χ1n) is 8.15. The summed E-state index contributed by atoms with van der Waals surface area (Å²) >= 11 is 0. The van der Waals surface area contributed by atoms with Gasteiger partial charge in [0.05, 0.1) is 37.1 Å². The van der Waals surface area contributed by atoms with Gasteiger partial charge in [-0.15, -0.1) is 0 Å². The van der Waals surface area contributed by atoms with Gasteiger partial charge < -0.3 is 19.4 Å². The summed E-state index contributed by atoms with van der Waals surface area (Å²) in [6, 6.07) is 7.55. The Balaban J connectivity index is 2.06. The number of methoxy groups -OCH3 is 1. The van der Waals surface area contributed by atoms with Gasteiger partial charge in [0.1, 0.15) is 0 Å². The van der Waals surface area contributed by atoms with E-state index in [0.717, 1.165) is 11.3 Å². The van der Waals surface area contributed by atoms with Gasteiger partial charge in [-0.25, -0.2) is 14.6 Å². The molecule has 1 unspecified atom stereocenters. The highest BCUT2D eigenvalue weighted by molar-refractivity contribution is 5.98. The van der Waals surface area contributed by atoms with Gasteiger partial charge in [0.25, 0.3) is 0 Å². The minimum atomic E-state index is -0.591. The van der Waals surface area contributed by atoms with Crippen LogP contribution in [0.25, 0.3) is 5.69 Å². The molecule has 1 N–H and O–H groups in total. The van der Waals surface area contributed by atoms with Crippen LogP contribution in [0.4, 0.5) is 0 Å². The number of hydrogen-bond acceptors (Lipinski definition) is 6. The number of aromatic nitrogens is 2. The van der Waals surface area contributed by atoms with Gasteiger partial charge in [0.2, 0.25) is 0 Å². The summed E-state index contributed by atoms with van der Waals surface area (Å²) in [6.07, 6.45) is 8.28. The maximum absolute atomic E-state index is 12.4. The van der Waals surface area contributed by atoms with Crippen LogP contribution >= 0.6 is 0 Å². The molecule has 0 amide bonds. The number of benzene rings is 1. The largest absolute Gasteiger partial charge is 0.466 e. The summed E-state index contributed by atoms with van der Waals surface area (Å²) in [5, 5.41) is 2.84. The minimum absolute atomic E-state index is 0.245. The molecule has 0 saturated carbocycles. The van der Waals surface area contributed by atoms with Crippen LogP contribution in [-0.4, -0.2) is 35.2 Å². The Morgan fingerprint density at radius 1 is 1.23 bits per heavy atom. The molecule has 2 heterocycles. The third-order valence-electron chi connectivity index (χ3n) is 4.04. The van der Waals surface area contributed by atoms with Crippen molar-refractivity contribution in [3.05, 3.63) is 72.1 Å². The molecule has 1 aliphatic rings. The second-order valence-corrected chi connectivity index (χ2v) is 5.58. The first kappa shape index (κ1) is 17.5. The standard InChI is InChI=1S/C19H19N3O4/c1-3-26-19(24)16-11-21-10-15(18(23)25-2)17(16)13-5-4-6-14(9-13)22-8-7-20-12-22/h4-12,17,21H,3H2,1-2H3. The smallest absolute Gasteiger partial charge is 0.336 e. The van der Waals surface area contributed by atoms with Crippen LogP contribution in [0.5, 0.6) is 0 Å². The predicted octanol–water partition coefficient (Wildman–Crippen LogP) is 2.06. The molecule has 0 saturated heterocycles. The molecule has 7 heteroatoms. The Morgan fingerprint density at radius 2 is 2.00 bits per heavy atom. The second kappa shape index (κ2) is 7.69. The molecular weight excluding hydrogens is 334 g/mol. The van der Waals surface area contributed by atoms with Gasteiger partial charge in [-0.05, 0) is 24.6 Å². The lowest BCUT2D eigenvalue weighted by Gasteiger charge is -2.25. The zero-order valence-electron chi connectivity index (χ0n) is 14.5. The summed E-state index contributed by atoms with van der Waals surface area (Å²) in [6.45, 7) is 1.98. The van der Waals surface area contributed by atoms with Crippen LogP contribution in [0, 0.1) is 0 Å². The summed E-state index contributed by atoms with van der Waals surface area (Å²) in [5.41, 5.74) is 2.32. The summed E-state index contributed by atoms with van der Waals surface area (Å²) < 4.78 is 11.9. The summed E-state index contributed by atoms with van der Waals surface area (Å²) in [4.78, 5) is 28.7. The maximum Gasteiger partial charge on any atom is 0.336 e. The normalized spacial score (nSPS) is 16.2. The van der Waals surface area contributed by atoms with Gasteiger partial charge in [0.15, 0.2) is 0 Å². The van der Waals surface area contributed by atoms with E-state index in [2.05, 4.69) is 10.3 Å². The van der Waals surface area contributed by atoms with Gasteiger partial charge in [-0.3, -0.25) is 0 Å². The van der Waals surface area contributed by atoms with Gasteiger partial charge >= 0.3 is 11.9 Å². The fourth-order valence-corrected chi connectivity index (χ4v) is 2.88. The molecule has 1 aromatic carbocycles. The zero-order valence-corrected chi connectivity index (χ0v) is 14.5. The quantitative estimate of drug-likeness (QED) is 0.829. The molecule has 0 radical (unpaired) electrons. The fourth-order valence-electron chi connectivity index (χ4n) is 2.88. The van der Waals surface area contributed by atoms with E-state index in [1.165, 1.54) is 7.11 Å². The summed E-state index contributed by atoms with van der Waals surface area (Å²) in [5.74, 6) is -1.58. The van der Waals surface area contributed by atoms with E-state index in [1.54, 1.807) is 31.8 Å². The molecule has 3 rings (SSSR count). The van der Waals surface area contributed by atoms with Crippen LogP contribution in [0.15, 0.2) is 66.5 Å². The average Bonchev–Trinajstić information content (AvgIpc) is 3.22. The lowest BCUT2D eigenvalue weighted by Crippen LogP contribution is -2.26. The second-order valence-electron chi connectivity index (χ2n) is 5.58. The first-order chi connectivity index (χ1) is 12.7. The van der Waals surface area contributed by atoms with Crippen LogP contribution in [0.1, 0.15) is 18.4 Å².